The molecule has 1 heterocycles. The lowest BCUT2D eigenvalue weighted by Gasteiger charge is -2.16. The van der Waals surface area contributed by atoms with Crippen LogP contribution in [0, 0.1) is 9.39 Å². The number of aromatic nitrogens is 1. The van der Waals surface area contributed by atoms with Crippen molar-refractivity contribution in [1.29, 1.82) is 0 Å². The van der Waals surface area contributed by atoms with Crippen LogP contribution in [0.15, 0.2) is 29.1 Å². The van der Waals surface area contributed by atoms with Crippen molar-refractivity contribution >= 4 is 40.1 Å². The van der Waals surface area contributed by atoms with E-state index in [1.54, 1.807) is 13.0 Å². The van der Waals surface area contributed by atoms with Crippen molar-refractivity contribution in [2.45, 2.75) is 6.92 Å². The Kier molecular flexibility index (Phi) is 5.24. The number of rotatable bonds is 4. The number of pyridine rings is 1. The Morgan fingerprint density at radius 1 is 1.43 bits per heavy atom. The van der Waals surface area contributed by atoms with E-state index >= 15 is 0 Å². The van der Waals surface area contributed by atoms with E-state index in [0.29, 0.717) is 3.57 Å². The minimum Gasteiger partial charge on any atom is -0.507 e. The quantitative estimate of drug-likeness (QED) is 0.574. The van der Waals surface area contributed by atoms with Crippen LogP contribution < -0.4 is 10.9 Å². The van der Waals surface area contributed by atoms with Gasteiger partial charge in [-0.1, -0.05) is 0 Å². The van der Waals surface area contributed by atoms with Crippen LogP contribution in [-0.4, -0.2) is 22.2 Å². The molecule has 2 aromatic rings. The molecule has 8 heteroatoms. The summed E-state index contributed by atoms with van der Waals surface area (Å²) in [6.45, 7) is 1.71. The van der Waals surface area contributed by atoms with E-state index in [1.165, 1.54) is 19.2 Å². The van der Waals surface area contributed by atoms with Crippen LogP contribution in [0.5, 0.6) is 5.75 Å². The average molecular weight is 432 g/mol. The fourth-order valence-electron chi connectivity index (χ4n) is 1.95. The van der Waals surface area contributed by atoms with Gasteiger partial charge in [0.15, 0.2) is 0 Å². The molecule has 0 fully saturated rings. The third kappa shape index (κ3) is 3.63. The van der Waals surface area contributed by atoms with E-state index in [2.05, 4.69) is 5.32 Å². The maximum absolute atomic E-state index is 14.0. The van der Waals surface area contributed by atoms with E-state index in [4.69, 9.17) is 4.74 Å². The molecule has 0 saturated heterocycles. The summed E-state index contributed by atoms with van der Waals surface area (Å²) >= 11 is 1.96. The van der Waals surface area contributed by atoms with Crippen molar-refractivity contribution in [3.63, 3.8) is 0 Å². The van der Waals surface area contributed by atoms with Crippen molar-refractivity contribution in [2.75, 3.05) is 11.9 Å². The fraction of sp³-hybridized carbons (Fsp3) is 0.200. The van der Waals surface area contributed by atoms with Crippen LogP contribution >= 0.6 is 22.6 Å². The summed E-state index contributed by atoms with van der Waals surface area (Å²) < 4.78 is 20.7. The molecule has 0 spiro atoms. The number of hydrogen-bond donors (Lipinski definition) is 2. The monoisotopic (exact) mass is 432 g/mol. The predicted octanol–water partition coefficient (Wildman–Crippen LogP) is 2.75. The molecule has 0 bridgehead atoms. The highest BCUT2D eigenvalue weighted by molar-refractivity contribution is 14.1. The van der Waals surface area contributed by atoms with Crippen molar-refractivity contribution in [1.82, 2.24) is 4.57 Å². The number of hydrogen-bond acceptors (Lipinski definition) is 5. The number of nitrogens with one attached hydrogen (secondary N) is 1. The summed E-state index contributed by atoms with van der Waals surface area (Å²) in [4.78, 5) is 23.9. The van der Waals surface area contributed by atoms with Crippen LogP contribution in [0.2, 0.25) is 0 Å². The highest BCUT2D eigenvalue weighted by Crippen LogP contribution is 2.28. The summed E-state index contributed by atoms with van der Waals surface area (Å²) in [5.74, 6) is -1.94. The first-order valence-corrected chi connectivity index (χ1v) is 7.75. The van der Waals surface area contributed by atoms with Crippen LogP contribution in [0.25, 0.3) is 0 Å². The predicted molar refractivity (Wildman–Crippen MR) is 91.7 cm³/mol. The molecule has 122 valence electrons. The molecule has 23 heavy (non-hydrogen) atoms. The highest BCUT2D eigenvalue weighted by Gasteiger charge is 2.22. The molecule has 0 aliphatic carbocycles. The number of anilines is 2. The molecule has 0 amide bonds. The second-order valence-electron chi connectivity index (χ2n) is 4.62. The van der Waals surface area contributed by atoms with Gasteiger partial charge in [-0.15, -0.1) is 0 Å². The third-order valence-electron chi connectivity index (χ3n) is 3.08. The Labute approximate surface area is 145 Å². The standard InChI is InChI=1S/C15H14FIN2O4/c1-3-23-15(22)13-11(20)7-12(21)19(2)14(13)18-10-5-4-8(17)6-9(10)16/h4-7,18,20H,3H2,1-2H3. The fourth-order valence-corrected chi connectivity index (χ4v) is 2.41. The number of benzene rings is 1. The third-order valence-corrected chi connectivity index (χ3v) is 3.75. The number of aromatic hydroxyl groups is 1. The van der Waals surface area contributed by atoms with E-state index < -0.39 is 23.1 Å². The molecule has 0 unspecified atom stereocenters. The van der Waals surface area contributed by atoms with Crippen molar-refractivity contribution in [3.05, 3.63) is 49.6 Å². The first kappa shape index (κ1) is 17.3. The summed E-state index contributed by atoms with van der Waals surface area (Å²) in [6.07, 6.45) is 0. The molecular weight excluding hydrogens is 418 g/mol. The van der Waals surface area contributed by atoms with Crippen molar-refractivity contribution in [3.8, 4) is 5.75 Å². The number of nitrogens with zero attached hydrogens (tertiary/aromatic N) is 1. The van der Waals surface area contributed by atoms with Gasteiger partial charge < -0.3 is 15.2 Å². The van der Waals surface area contributed by atoms with Gasteiger partial charge in [0.2, 0.25) is 0 Å². The second-order valence-corrected chi connectivity index (χ2v) is 5.87. The van der Waals surface area contributed by atoms with Gasteiger partial charge in [-0.3, -0.25) is 9.36 Å². The maximum atomic E-state index is 14.0. The molecule has 2 N–H and O–H groups in total. The number of halogens is 2. The minimum absolute atomic E-state index is 0.0476. The van der Waals surface area contributed by atoms with Crippen LogP contribution in [0.4, 0.5) is 15.9 Å². The summed E-state index contributed by atoms with van der Waals surface area (Å²) in [5.41, 5.74) is -0.715. The smallest absolute Gasteiger partial charge is 0.345 e. The zero-order valence-electron chi connectivity index (χ0n) is 12.4. The zero-order valence-corrected chi connectivity index (χ0v) is 14.5. The van der Waals surface area contributed by atoms with Crippen LogP contribution in [0.1, 0.15) is 17.3 Å². The number of carbonyl (C=O) groups is 1. The maximum Gasteiger partial charge on any atom is 0.345 e. The first-order chi connectivity index (χ1) is 10.8. The average Bonchev–Trinajstić information content (AvgIpc) is 2.47. The lowest BCUT2D eigenvalue weighted by atomic mass is 10.2. The van der Waals surface area contributed by atoms with Gasteiger partial charge in [0.1, 0.15) is 22.9 Å². The van der Waals surface area contributed by atoms with E-state index in [9.17, 15) is 19.1 Å². The Balaban J connectivity index is 2.59. The summed E-state index contributed by atoms with van der Waals surface area (Å²) in [5, 5.41) is 12.6. The van der Waals surface area contributed by atoms with Crippen molar-refractivity contribution in [2.24, 2.45) is 7.05 Å². The van der Waals surface area contributed by atoms with Gasteiger partial charge in [0.25, 0.3) is 5.56 Å². The highest BCUT2D eigenvalue weighted by atomic mass is 127. The number of ether oxygens (including phenoxy) is 1. The normalized spacial score (nSPS) is 10.4. The molecule has 1 aromatic heterocycles. The minimum atomic E-state index is -0.811. The van der Waals surface area contributed by atoms with Crippen molar-refractivity contribution < 1.29 is 19.0 Å². The number of carbonyl (C=O) groups excluding carboxylic acids is 1. The second kappa shape index (κ2) is 6.99. The van der Waals surface area contributed by atoms with Crippen LogP contribution in [-0.2, 0) is 11.8 Å². The molecule has 0 aliphatic heterocycles. The van der Waals surface area contributed by atoms with E-state index in [0.717, 1.165) is 10.6 Å². The largest absolute Gasteiger partial charge is 0.507 e. The van der Waals surface area contributed by atoms with Gasteiger partial charge in [0, 0.05) is 16.7 Å². The lowest BCUT2D eigenvalue weighted by molar-refractivity contribution is 0.0523. The Bertz CT molecular complexity index is 820. The molecule has 0 saturated carbocycles. The van der Waals surface area contributed by atoms with Gasteiger partial charge >= 0.3 is 5.97 Å². The first-order valence-electron chi connectivity index (χ1n) is 6.67. The van der Waals surface area contributed by atoms with Gasteiger partial charge in [0.05, 0.1) is 12.3 Å². The van der Waals surface area contributed by atoms with Gasteiger partial charge in [-0.05, 0) is 47.7 Å². The molecular formula is C15H14FIN2O4. The van der Waals surface area contributed by atoms with E-state index in [1.807, 2.05) is 22.6 Å². The van der Waals surface area contributed by atoms with Gasteiger partial charge in [-0.2, -0.15) is 0 Å². The Morgan fingerprint density at radius 2 is 2.13 bits per heavy atom. The molecule has 0 radical (unpaired) electrons. The summed E-state index contributed by atoms with van der Waals surface area (Å²) in [6, 6.07) is 5.34. The number of esters is 1. The summed E-state index contributed by atoms with van der Waals surface area (Å²) in [7, 11) is 1.40. The molecule has 0 aliphatic rings. The molecule has 0 atom stereocenters. The lowest BCUT2D eigenvalue weighted by Crippen LogP contribution is -2.23. The zero-order chi connectivity index (χ0) is 17.1. The molecule has 2 rings (SSSR count). The molecule has 1 aromatic carbocycles. The molecule has 6 nitrogen and oxygen atoms in total. The SMILES string of the molecule is CCOC(=O)c1c(O)cc(=O)n(C)c1Nc1ccc(I)cc1F. The topological polar surface area (TPSA) is 80.6 Å². The Hall–Kier alpha value is -2.10. The van der Waals surface area contributed by atoms with Crippen LogP contribution in [0.3, 0.4) is 0 Å². The Morgan fingerprint density at radius 3 is 2.74 bits per heavy atom. The van der Waals surface area contributed by atoms with E-state index in [-0.39, 0.29) is 23.7 Å². The van der Waals surface area contributed by atoms with Gasteiger partial charge in [-0.25, -0.2) is 9.18 Å².